The predicted octanol–water partition coefficient (Wildman–Crippen LogP) is 6.35. The van der Waals surface area contributed by atoms with Crippen LogP contribution in [0.4, 0.5) is 27.6 Å². The average molecular weight is 437 g/mol. The number of aliphatic hydroxyl groups excluding tert-OH is 1. The number of hydrogen-bond acceptors (Lipinski definition) is 3. The zero-order chi connectivity index (χ0) is 22.4. The van der Waals surface area contributed by atoms with Crippen LogP contribution in [0, 0.1) is 0 Å². The molecule has 0 heterocycles. The minimum absolute atomic E-state index is 0.109. The summed E-state index contributed by atoms with van der Waals surface area (Å²) in [6.45, 7) is -0.875. The van der Waals surface area contributed by atoms with Gasteiger partial charge in [0.25, 0.3) is 6.43 Å². The number of rotatable bonds is 8. The first-order chi connectivity index (χ1) is 14.7. The van der Waals surface area contributed by atoms with Gasteiger partial charge in [-0.2, -0.15) is 13.2 Å². The van der Waals surface area contributed by atoms with Crippen molar-refractivity contribution in [2.24, 2.45) is 0 Å². The highest BCUT2D eigenvalue weighted by atomic mass is 19.4. The Morgan fingerprint density at radius 3 is 2.19 bits per heavy atom. The van der Waals surface area contributed by atoms with E-state index in [9.17, 15) is 27.1 Å². The van der Waals surface area contributed by atoms with Gasteiger partial charge in [-0.3, -0.25) is 0 Å². The van der Waals surface area contributed by atoms with Gasteiger partial charge in [-0.25, -0.2) is 8.78 Å². The smallest absolute Gasteiger partial charge is 0.416 e. The molecule has 1 N–H and O–H groups in total. The molecule has 0 aromatic heterocycles. The fourth-order valence-corrected chi connectivity index (χ4v) is 2.99. The molecule has 0 unspecified atom stereocenters. The molecule has 0 saturated heterocycles. The van der Waals surface area contributed by atoms with E-state index in [0.717, 1.165) is 0 Å². The molecular formula is C23H20F5NO2. The molecule has 0 aliphatic rings. The van der Waals surface area contributed by atoms with Gasteiger partial charge in [0.05, 0.1) is 6.54 Å². The third-order valence-corrected chi connectivity index (χ3v) is 4.51. The van der Waals surface area contributed by atoms with E-state index in [1.54, 1.807) is 48.5 Å². The molecule has 0 aliphatic carbocycles. The van der Waals surface area contributed by atoms with Crippen LogP contribution in [0.5, 0.6) is 11.5 Å². The van der Waals surface area contributed by atoms with Crippen molar-refractivity contribution in [1.29, 1.82) is 0 Å². The largest absolute Gasteiger partial charge is 0.457 e. The second-order valence-corrected chi connectivity index (χ2v) is 6.90. The Labute approximate surface area is 176 Å². The van der Waals surface area contributed by atoms with Crippen molar-refractivity contribution in [3.63, 3.8) is 0 Å². The molecule has 3 aromatic rings. The van der Waals surface area contributed by atoms with Crippen molar-refractivity contribution < 1.29 is 31.8 Å². The number of benzene rings is 3. The molecular weight excluding hydrogens is 417 g/mol. The van der Waals surface area contributed by atoms with Gasteiger partial charge >= 0.3 is 6.18 Å². The summed E-state index contributed by atoms with van der Waals surface area (Å²) in [5, 5.41) is 9.62. The van der Waals surface area contributed by atoms with E-state index >= 15 is 0 Å². The van der Waals surface area contributed by atoms with Gasteiger partial charge in [0.2, 0.25) is 0 Å². The van der Waals surface area contributed by atoms with Gasteiger partial charge in [-0.15, -0.1) is 0 Å². The van der Waals surface area contributed by atoms with Crippen LogP contribution in [-0.2, 0) is 6.54 Å². The van der Waals surface area contributed by atoms with Crippen molar-refractivity contribution >= 4 is 5.69 Å². The van der Waals surface area contributed by atoms with Crippen LogP contribution in [-0.4, -0.2) is 23.9 Å². The van der Waals surface area contributed by atoms with Gasteiger partial charge in [0.1, 0.15) is 11.5 Å². The number of nitrogens with zero attached hydrogens (tertiary/aromatic N) is 1. The molecule has 8 heteroatoms. The molecule has 0 bridgehead atoms. The van der Waals surface area contributed by atoms with E-state index in [0.29, 0.717) is 22.7 Å². The second kappa shape index (κ2) is 9.78. The van der Waals surface area contributed by atoms with Gasteiger partial charge in [0.15, 0.2) is 6.10 Å². The minimum atomic E-state index is -4.82. The third-order valence-electron chi connectivity index (χ3n) is 4.51. The van der Waals surface area contributed by atoms with Crippen LogP contribution < -0.4 is 9.64 Å². The van der Waals surface area contributed by atoms with E-state index < -0.39 is 25.3 Å². The maximum atomic E-state index is 13.0. The zero-order valence-electron chi connectivity index (χ0n) is 16.3. The average Bonchev–Trinajstić information content (AvgIpc) is 2.73. The zero-order valence-corrected chi connectivity index (χ0v) is 16.3. The summed E-state index contributed by atoms with van der Waals surface area (Å²) in [6, 6.07) is 20.6. The van der Waals surface area contributed by atoms with Crippen LogP contribution in [0.25, 0.3) is 0 Å². The quantitative estimate of drug-likeness (QED) is 0.417. The number of ether oxygens (including phenoxy) is 1. The van der Waals surface area contributed by atoms with Crippen LogP contribution in [0.1, 0.15) is 17.6 Å². The van der Waals surface area contributed by atoms with Crippen molar-refractivity contribution in [3.8, 4) is 11.5 Å². The highest BCUT2D eigenvalue weighted by Crippen LogP contribution is 2.29. The summed E-state index contributed by atoms with van der Waals surface area (Å²) in [5.74, 6) is 0.933. The van der Waals surface area contributed by atoms with Crippen molar-refractivity contribution in [2.75, 3.05) is 11.4 Å². The lowest BCUT2D eigenvalue weighted by molar-refractivity contribution is -0.200. The Bertz CT molecular complexity index is 979. The van der Waals surface area contributed by atoms with E-state index in [1.807, 2.05) is 6.07 Å². The van der Waals surface area contributed by atoms with Crippen molar-refractivity contribution in [2.45, 2.75) is 25.3 Å². The molecule has 0 saturated carbocycles. The summed E-state index contributed by atoms with van der Waals surface area (Å²) in [6.07, 6.45) is -10.1. The highest BCUT2D eigenvalue weighted by molar-refractivity contribution is 5.52. The summed E-state index contributed by atoms with van der Waals surface area (Å²) in [4.78, 5) is 1.28. The van der Waals surface area contributed by atoms with Crippen LogP contribution in [0.3, 0.4) is 0 Å². The Balaban J connectivity index is 1.89. The van der Waals surface area contributed by atoms with E-state index in [-0.39, 0.29) is 12.1 Å². The maximum absolute atomic E-state index is 13.0. The van der Waals surface area contributed by atoms with Crippen molar-refractivity contribution in [1.82, 2.24) is 0 Å². The lowest BCUT2D eigenvalue weighted by atomic mass is 10.1. The number of anilines is 1. The fraction of sp³-hybridized carbons (Fsp3) is 0.217. The Morgan fingerprint density at radius 1 is 0.839 bits per heavy atom. The minimum Gasteiger partial charge on any atom is -0.457 e. The molecule has 0 spiro atoms. The lowest BCUT2D eigenvalue weighted by Crippen LogP contribution is -2.40. The SMILES string of the molecule is O[C@H](CN(Cc1cccc(C(F)F)c1)c1cccc(Oc2ccccc2)c1)C(F)(F)F. The van der Waals surface area contributed by atoms with E-state index in [1.165, 1.54) is 29.2 Å². The standard InChI is InChI=1S/C23H20F5NO2/c24-22(25)17-7-4-6-16(12-17)14-29(15-21(30)23(26,27)28)18-8-5-11-20(13-18)31-19-9-2-1-3-10-19/h1-13,21-22,30H,14-15H2/t21-/m1/s1. The first kappa shape index (κ1) is 22.6. The monoisotopic (exact) mass is 437 g/mol. The second-order valence-electron chi connectivity index (χ2n) is 6.90. The molecule has 164 valence electrons. The number of alkyl halides is 5. The number of halogens is 5. The van der Waals surface area contributed by atoms with Crippen LogP contribution >= 0.6 is 0 Å². The molecule has 3 aromatic carbocycles. The molecule has 0 fully saturated rings. The first-order valence-corrected chi connectivity index (χ1v) is 9.42. The van der Waals surface area contributed by atoms with Gasteiger partial charge < -0.3 is 14.7 Å². The third kappa shape index (κ3) is 6.42. The number of para-hydroxylation sites is 1. The number of aliphatic hydroxyl groups is 1. The summed E-state index contributed by atoms with van der Waals surface area (Å²) >= 11 is 0. The molecule has 0 amide bonds. The molecule has 3 nitrogen and oxygen atoms in total. The topological polar surface area (TPSA) is 32.7 Å². The summed E-state index contributed by atoms with van der Waals surface area (Å²) < 4.78 is 70.8. The van der Waals surface area contributed by atoms with Gasteiger partial charge in [0, 0.05) is 23.9 Å². The normalized spacial score (nSPS) is 12.6. The molecule has 1 atom stereocenters. The fourth-order valence-electron chi connectivity index (χ4n) is 2.99. The highest BCUT2D eigenvalue weighted by Gasteiger charge is 2.39. The van der Waals surface area contributed by atoms with Crippen LogP contribution in [0.15, 0.2) is 78.9 Å². The number of hydrogen-bond donors (Lipinski definition) is 1. The molecule has 31 heavy (non-hydrogen) atoms. The summed E-state index contributed by atoms with van der Waals surface area (Å²) in [5.41, 5.74) is 0.510. The maximum Gasteiger partial charge on any atom is 0.416 e. The Kier molecular flexibility index (Phi) is 7.12. The van der Waals surface area contributed by atoms with Gasteiger partial charge in [-0.1, -0.05) is 42.5 Å². The Hall–Kier alpha value is -3.13. The Morgan fingerprint density at radius 2 is 1.52 bits per heavy atom. The lowest BCUT2D eigenvalue weighted by Gasteiger charge is -2.29. The van der Waals surface area contributed by atoms with Gasteiger partial charge in [-0.05, 0) is 35.9 Å². The first-order valence-electron chi connectivity index (χ1n) is 9.42. The molecule has 0 radical (unpaired) electrons. The molecule has 3 rings (SSSR count). The van der Waals surface area contributed by atoms with Crippen molar-refractivity contribution in [3.05, 3.63) is 90.0 Å². The van der Waals surface area contributed by atoms with E-state index in [4.69, 9.17) is 4.74 Å². The van der Waals surface area contributed by atoms with Crippen LogP contribution in [0.2, 0.25) is 0 Å². The predicted molar refractivity (Wildman–Crippen MR) is 107 cm³/mol. The molecule has 0 aliphatic heterocycles. The van der Waals surface area contributed by atoms with E-state index in [2.05, 4.69) is 0 Å². The summed E-state index contributed by atoms with van der Waals surface area (Å²) in [7, 11) is 0.